The van der Waals surface area contributed by atoms with Crippen LogP contribution in [0.4, 0.5) is 0 Å². The normalized spacial score (nSPS) is 18.4. The quantitative estimate of drug-likeness (QED) is 0.632. The first kappa shape index (κ1) is 14.3. The summed E-state index contributed by atoms with van der Waals surface area (Å²) in [5.74, 6) is 2.03. The van der Waals surface area contributed by atoms with Crippen LogP contribution in [-0.2, 0) is 0 Å². The number of thioether (sulfide) groups is 1. The van der Waals surface area contributed by atoms with Crippen LogP contribution in [0.3, 0.4) is 0 Å². The zero-order chi connectivity index (χ0) is 12.0. The third kappa shape index (κ3) is 5.07. The monoisotopic (exact) mass is 244 g/mol. The summed E-state index contributed by atoms with van der Waals surface area (Å²) in [5.41, 5.74) is 5.95. The summed E-state index contributed by atoms with van der Waals surface area (Å²) in [6, 6.07) is 1.48. The van der Waals surface area contributed by atoms with Crippen LogP contribution < -0.4 is 5.73 Å². The first-order chi connectivity index (χ1) is 7.69. The number of nitrogens with two attached hydrogens (primary N) is 1. The topological polar surface area (TPSA) is 29.3 Å². The molecule has 0 aromatic carbocycles. The molecule has 1 aliphatic rings. The van der Waals surface area contributed by atoms with Crippen molar-refractivity contribution in [2.75, 3.05) is 25.1 Å². The molecule has 1 unspecified atom stereocenters. The summed E-state index contributed by atoms with van der Waals surface area (Å²) in [4.78, 5) is 2.69. The van der Waals surface area contributed by atoms with Gasteiger partial charge in [-0.1, -0.05) is 13.8 Å². The first-order valence-electron chi connectivity index (χ1n) is 6.63. The van der Waals surface area contributed by atoms with E-state index in [2.05, 4.69) is 25.0 Å². The number of hydrogen-bond acceptors (Lipinski definition) is 3. The number of rotatable bonds is 9. The fourth-order valence-corrected chi connectivity index (χ4v) is 2.76. The van der Waals surface area contributed by atoms with Crippen molar-refractivity contribution >= 4 is 11.8 Å². The minimum atomic E-state index is 0.627. The Morgan fingerprint density at radius 1 is 1.38 bits per heavy atom. The lowest BCUT2D eigenvalue weighted by molar-refractivity contribution is 0.160. The standard InChI is InChI=1S/C13H28N2S/c1-11(2)10-15(12-6-7-12)13(9-14)5-4-8-16-3/h11-13H,4-10,14H2,1-3H3. The zero-order valence-electron chi connectivity index (χ0n) is 11.1. The molecule has 0 aliphatic heterocycles. The van der Waals surface area contributed by atoms with E-state index >= 15 is 0 Å². The van der Waals surface area contributed by atoms with E-state index in [0.29, 0.717) is 6.04 Å². The van der Waals surface area contributed by atoms with Gasteiger partial charge in [0.2, 0.25) is 0 Å². The molecule has 0 radical (unpaired) electrons. The lowest BCUT2D eigenvalue weighted by atomic mass is 10.1. The van der Waals surface area contributed by atoms with E-state index in [9.17, 15) is 0 Å². The SMILES string of the molecule is CSCCCC(CN)N(CC(C)C)C1CC1. The minimum absolute atomic E-state index is 0.627. The molecule has 0 aromatic rings. The van der Waals surface area contributed by atoms with Crippen LogP contribution in [0, 0.1) is 5.92 Å². The lowest BCUT2D eigenvalue weighted by Crippen LogP contribution is -2.44. The third-order valence-electron chi connectivity index (χ3n) is 3.22. The molecule has 96 valence electrons. The second-order valence-electron chi connectivity index (χ2n) is 5.35. The highest BCUT2D eigenvalue weighted by Gasteiger charge is 2.33. The molecular formula is C13H28N2S. The molecule has 0 bridgehead atoms. The Kier molecular flexibility index (Phi) is 6.78. The first-order valence-corrected chi connectivity index (χ1v) is 8.03. The predicted octanol–water partition coefficient (Wildman–Crippen LogP) is 2.58. The molecule has 1 aliphatic carbocycles. The molecule has 0 amide bonds. The Hall–Kier alpha value is 0.270. The van der Waals surface area contributed by atoms with Crippen LogP contribution in [0.5, 0.6) is 0 Å². The van der Waals surface area contributed by atoms with Gasteiger partial charge in [-0.05, 0) is 43.6 Å². The number of nitrogens with zero attached hydrogens (tertiary/aromatic N) is 1. The highest BCUT2D eigenvalue weighted by atomic mass is 32.2. The predicted molar refractivity (Wildman–Crippen MR) is 75.0 cm³/mol. The van der Waals surface area contributed by atoms with Crippen molar-refractivity contribution in [3.05, 3.63) is 0 Å². The summed E-state index contributed by atoms with van der Waals surface area (Å²) in [7, 11) is 0. The Bertz CT molecular complexity index is 181. The van der Waals surface area contributed by atoms with Gasteiger partial charge >= 0.3 is 0 Å². The fraction of sp³-hybridized carbons (Fsp3) is 1.00. The van der Waals surface area contributed by atoms with Gasteiger partial charge in [-0.15, -0.1) is 0 Å². The minimum Gasteiger partial charge on any atom is -0.329 e. The maximum Gasteiger partial charge on any atom is 0.0221 e. The van der Waals surface area contributed by atoms with E-state index in [1.165, 1.54) is 38.0 Å². The molecule has 0 spiro atoms. The molecule has 1 fully saturated rings. The highest BCUT2D eigenvalue weighted by Crippen LogP contribution is 2.30. The molecule has 2 N–H and O–H groups in total. The molecule has 0 heterocycles. The van der Waals surface area contributed by atoms with Crippen molar-refractivity contribution in [2.45, 2.75) is 51.6 Å². The van der Waals surface area contributed by atoms with Crippen molar-refractivity contribution in [3.8, 4) is 0 Å². The van der Waals surface area contributed by atoms with Gasteiger partial charge in [0.1, 0.15) is 0 Å². The van der Waals surface area contributed by atoms with Crippen molar-refractivity contribution in [1.29, 1.82) is 0 Å². The highest BCUT2D eigenvalue weighted by molar-refractivity contribution is 7.98. The van der Waals surface area contributed by atoms with E-state index in [-0.39, 0.29) is 0 Å². The molecule has 3 heteroatoms. The van der Waals surface area contributed by atoms with E-state index in [0.717, 1.165) is 18.5 Å². The van der Waals surface area contributed by atoms with Crippen LogP contribution in [0.2, 0.25) is 0 Å². The van der Waals surface area contributed by atoms with Crippen molar-refractivity contribution in [3.63, 3.8) is 0 Å². The summed E-state index contributed by atoms with van der Waals surface area (Å²) in [6.45, 7) is 6.68. The molecule has 1 rings (SSSR count). The fourth-order valence-electron chi connectivity index (χ4n) is 2.31. The van der Waals surface area contributed by atoms with Crippen LogP contribution in [0.25, 0.3) is 0 Å². The molecule has 2 nitrogen and oxygen atoms in total. The second-order valence-corrected chi connectivity index (χ2v) is 6.33. The summed E-state index contributed by atoms with van der Waals surface area (Å²) in [5, 5.41) is 0. The Morgan fingerprint density at radius 3 is 2.50 bits per heavy atom. The molecule has 0 aromatic heterocycles. The van der Waals surface area contributed by atoms with Crippen LogP contribution in [0.15, 0.2) is 0 Å². The molecule has 16 heavy (non-hydrogen) atoms. The van der Waals surface area contributed by atoms with Crippen molar-refractivity contribution in [1.82, 2.24) is 4.90 Å². The van der Waals surface area contributed by atoms with Gasteiger partial charge in [-0.2, -0.15) is 11.8 Å². The van der Waals surface area contributed by atoms with Gasteiger partial charge in [-0.25, -0.2) is 0 Å². The summed E-state index contributed by atoms with van der Waals surface area (Å²) in [6.07, 6.45) is 7.56. The Morgan fingerprint density at radius 2 is 2.06 bits per heavy atom. The van der Waals surface area contributed by atoms with E-state index in [1.54, 1.807) is 0 Å². The Labute approximate surface area is 105 Å². The Balaban J connectivity index is 2.38. The maximum absolute atomic E-state index is 5.95. The third-order valence-corrected chi connectivity index (χ3v) is 3.92. The van der Waals surface area contributed by atoms with Crippen molar-refractivity contribution in [2.24, 2.45) is 11.7 Å². The maximum atomic E-state index is 5.95. The smallest absolute Gasteiger partial charge is 0.0221 e. The van der Waals surface area contributed by atoms with Crippen LogP contribution >= 0.6 is 11.8 Å². The average Bonchev–Trinajstić information content (AvgIpc) is 3.05. The van der Waals surface area contributed by atoms with Gasteiger partial charge in [-0.3, -0.25) is 4.90 Å². The van der Waals surface area contributed by atoms with Gasteiger partial charge in [0, 0.05) is 25.2 Å². The molecular weight excluding hydrogens is 216 g/mol. The van der Waals surface area contributed by atoms with E-state index < -0.39 is 0 Å². The van der Waals surface area contributed by atoms with Gasteiger partial charge in [0.15, 0.2) is 0 Å². The van der Waals surface area contributed by atoms with Crippen LogP contribution in [-0.4, -0.2) is 42.1 Å². The summed E-state index contributed by atoms with van der Waals surface area (Å²) >= 11 is 1.94. The zero-order valence-corrected chi connectivity index (χ0v) is 11.9. The summed E-state index contributed by atoms with van der Waals surface area (Å²) < 4.78 is 0. The second kappa shape index (κ2) is 7.57. The molecule has 1 atom stereocenters. The van der Waals surface area contributed by atoms with Gasteiger partial charge < -0.3 is 5.73 Å². The van der Waals surface area contributed by atoms with E-state index in [1.807, 2.05) is 11.8 Å². The molecule has 1 saturated carbocycles. The largest absolute Gasteiger partial charge is 0.329 e. The lowest BCUT2D eigenvalue weighted by Gasteiger charge is -2.32. The van der Waals surface area contributed by atoms with E-state index in [4.69, 9.17) is 5.73 Å². The average molecular weight is 244 g/mol. The molecule has 0 saturated heterocycles. The van der Waals surface area contributed by atoms with Crippen molar-refractivity contribution < 1.29 is 0 Å². The van der Waals surface area contributed by atoms with Crippen LogP contribution in [0.1, 0.15) is 39.5 Å². The number of hydrogen-bond donors (Lipinski definition) is 1. The van der Waals surface area contributed by atoms with Gasteiger partial charge in [0.25, 0.3) is 0 Å². The van der Waals surface area contributed by atoms with Gasteiger partial charge in [0.05, 0.1) is 0 Å².